The highest BCUT2D eigenvalue weighted by Crippen LogP contribution is 2.24. The van der Waals surface area contributed by atoms with Gasteiger partial charge >= 0.3 is 5.97 Å². The number of esters is 1. The van der Waals surface area contributed by atoms with Gasteiger partial charge in [0.25, 0.3) is 0 Å². The van der Waals surface area contributed by atoms with Crippen molar-refractivity contribution in [2.45, 2.75) is 6.92 Å². The van der Waals surface area contributed by atoms with Crippen LogP contribution in [0.4, 0.5) is 0 Å². The molecule has 0 spiro atoms. The zero-order valence-electron chi connectivity index (χ0n) is 9.02. The van der Waals surface area contributed by atoms with Crippen LogP contribution in [0.1, 0.15) is 17.4 Å². The molecule has 2 rings (SSSR count). The second-order valence-electron chi connectivity index (χ2n) is 3.11. The van der Waals surface area contributed by atoms with E-state index in [1.54, 1.807) is 32.2 Å². The zero-order chi connectivity index (χ0) is 11.5. The molecule has 0 fully saturated rings. The minimum Gasteiger partial charge on any atom is -0.497 e. The summed E-state index contributed by atoms with van der Waals surface area (Å²) in [6.07, 6.45) is 0. The van der Waals surface area contributed by atoms with Gasteiger partial charge in [-0.2, -0.15) is 0 Å². The van der Waals surface area contributed by atoms with Crippen LogP contribution in [-0.2, 0) is 4.74 Å². The van der Waals surface area contributed by atoms with Crippen molar-refractivity contribution in [3.8, 4) is 5.75 Å². The van der Waals surface area contributed by atoms with E-state index in [4.69, 9.17) is 14.0 Å². The van der Waals surface area contributed by atoms with E-state index in [2.05, 4.69) is 5.16 Å². The smallest absolute Gasteiger partial charge is 0.361 e. The van der Waals surface area contributed by atoms with Gasteiger partial charge in [-0.1, -0.05) is 5.16 Å². The number of carbonyl (C=O) groups excluding carboxylic acids is 1. The fourth-order valence-corrected chi connectivity index (χ4v) is 1.39. The van der Waals surface area contributed by atoms with Gasteiger partial charge in [-0.25, -0.2) is 4.79 Å². The Morgan fingerprint density at radius 3 is 3.00 bits per heavy atom. The normalized spacial score (nSPS) is 10.4. The molecule has 2 aromatic rings. The fourth-order valence-electron chi connectivity index (χ4n) is 1.39. The Labute approximate surface area is 91.9 Å². The summed E-state index contributed by atoms with van der Waals surface area (Å²) in [6.45, 7) is 2.04. The number of carbonyl (C=O) groups is 1. The first-order chi connectivity index (χ1) is 7.76. The number of hydrogen-bond acceptors (Lipinski definition) is 5. The largest absolute Gasteiger partial charge is 0.497 e. The first kappa shape index (κ1) is 10.5. The van der Waals surface area contributed by atoms with Crippen LogP contribution in [-0.4, -0.2) is 24.8 Å². The van der Waals surface area contributed by atoms with Crippen molar-refractivity contribution in [3.63, 3.8) is 0 Å². The van der Waals surface area contributed by atoms with Crippen LogP contribution >= 0.6 is 0 Å². The average Bonchev–Trinajstić information content (AvgIpc) is 2.71. The Morgan fingerprint density at radius 1 is 1.50 bits per heavy atom. The molecule has 0 aliphatic heterocycles. The average molecular weight is 221 g/mol. The number of benzene rings is 1. The third-order valence-electron chi connectivity index (χ3n) is 2.15. The summed E-state index contributed by atoms with van der Waals surface area (Å²) < 4.78 is 14.9. The molecular formula is C11H11NO4. The predicted molar refractivity (Wildman–Crippen MR) is 56.5 cm³/mol. The van der Waals surface area contributed by atoms with Gasteiger partial charge in [0.1, 0.15) is 5.75 Å². The Kier molecular flexibility index (Phi) is 2.76. The van der Waals surface area contributed by atoms with Gasteiger partial charge in [0.05, 0.1) is 19.1 Å². The van der Waals surface area contributed by atoms with E-state index < -0.39 is 5.97 Å². The Hall–Kier alpha value is -2.04. The third-order valence-corrected chi connectivity index (χ3v) is 2.15. The van der Waals surface area contributed by atoms with E-state index in [1.807, 2.05) is 0 Å². The maximum absolute atomic E-state index is 11.5. The molecule has 84 valence electrons. The number of ether oxygens (including phenoxy) is 2. The molecule has 0 N–H and O–H groups in total. The van der Waals surface area contributed by atoms with Gasteiger partial charge in [-0.05, 0) is 25.1 Å². The highest BCUT2D eigenvalue weighted by molar-refractivity contribution is 6.01. The molecule has 1 heterocycles. The van der Waals surface area contributed by atoms with Crippen LogP contribution < -0.4 is 4.74 Å². The van der Waals surface area contributed by atoms with Crippen molar-refractivity contribution in [1.29, 1.82) is 0 Å². The van der Waals surface area contributed by atoms with Crippen LogP contribution in [0.15, 0.2) is 22.7 Å². The summed E-state index contributed by atoms with van der Waals surface area (Å²) in [4.78, 5) is 11.5. The van der Waals surface area contributed by atoms with Crippen molar-refractivity contribution in [2.24, 2.45) is 0 Å². The third kappa shape index (κ3) is 1.71. The molecule has 0 amide bonds. The van der Waals surface area contributed by atoms with Crippen LogP contribution in [0.2, 0.25) is 0 Å². The van der Waals surface area contributed by atoms with Crippen LogP contribution in [0.5, 0.6) is 5.75 Å². The number of hydrogen-bond donors (Lipinski definition) is 0. The Morgan fingerprint density at radius 2 is 2.31 bits per heavy atom. The number of methoxy groups -OCH3 is 1. The predicted octanol–water partition coefficient (Wildman–Crippen LogP) is 2.01. The topological polar surface area (TPSA) is 61.6 Å². The molecule has 5 nitrogen and oxygen atoms in total. The zero-order valence-corrected chi connectivity index (χ0v) is 9.02. The lowest BCUT2D eigenvalue weighted by molar-refractivity contribution is 0.0517. The van der Waals surface area contributed by atoms with Gasteiger partial charge in [-0.15, -0.1) is 0 Å². The summed E-state index contributed by atoms with van der Waals surface area (Å²) in [5.74, 6) is 0.149. The van der Waals surface area contributed by atoms with Crippen LogP contribution in [0.25, 0.3) is 11.0 Å². The molecule has 0 aliphatic carbocycles. The SMILES string of the molecule is CCOC(=O)c1noc2ccc(OC)cc12. The molecule has 0 radical (unpaired) electrons. The maximum atomic E-state index is 11.5. The van der Waals surface area contributed by atoms with E-state index in [0.717, 1.165) is 0 Å². The second-order valence-corrected chi connectivity index (χ2v) is 3.11. The molecule has 0 aliphatic rings. The minimum atomic E-state index is -0.491. The highest BCUT2D eigenvalue weighted by Gasteiger charge is 2.17. The van der Waals surface area contributed by atoms with E-state index in [1.165, 1.54) is 0 Å². The number of rotatable bonds is 3. The van der Waals surface area contributed by atoms with E-state index in [-0.39, 0.29) is 5.69 Å². The number of nitrogens with zero attached hydrogens (tertiary/aromatic N) is 1. The molecule has 0 saturated carbocycles. The highest BCUT2D eigenvalue weighted by atomic mass is 16.5. The maximum Gasteiger partial charge on any atom is 0.361 e. The lowest BCUT2D eigenvalue weighted by atomic mass is 10.2. The molecule has 0 bridgehead atoms. The second kappa shape index (κ2) is 4.22. The van der Waals surface area contributed by atoms with Gasteiger partial charge in [-0.3, -0.25) is 0 Å². The number of aromatic nitrogens is 1. The van der Waals surface area contributed by atoms with Crippen molar-refractivity contribution in [1.82, 2.24) is 5.16 Å². The van der Waals surface area contributed by atoms with Gasteiger partial charge in [0, 0.05) is 0 Å². The van der Waals surface area contributed by atoms with E-state index in [9.17, 15) is 4.79 Å². The van der Waals surface area contributed by atoms with Crippen molar-refractivity contribution < 1.29 is 18.8 Å². The lowest BCUT2D eigenvalue weighted by Crippen LogP contribution is -2.05. The Balaban J connectivity index is 2.49. The first-order valence-corrected chi connectivity index (χ1v) is 4.86. The van der Waals surface area contributed by atoms with Gasteiger partial charge in [0.2, 0.25) is 0 Å². The quantitative estimate of drug-likeness (QED) is 0.742. The summed E-state index contributed by atoms with van der Waals surface area (Å²) in [5, 5.41) is 4.28. The summed E-state index contributed by atoms with van der Waals surface area (Å²) in [6, 6.07) is 5.13. The van der Waals surface area contributed by atoms with E-state index in [0.29, 0.717) is 23.3 Å². The minimum absolute atomic E-state index is 0.177. The van der Waals surface area contributed by atoms with Crippen molar-refractivity contribution >= 4 is 16.9 Å². The van der Waals surface area contributed by atoms with Gasteiger partial charge in [0.15, 0.2) is 11.3 Å². The molecular weight excluding hydrogens is 210 g/mol. The Bertz CT molecular complexity index is 518. The molecule has 1 aromatic carbocycles. The number of fused-ring (bicyclic) bond motifs is 1. The standard InChI is InChI=1S/C11H11NO4/c1-3-15-11(13)10-8-6-7(14-2)4-5-9(8)16-12-10/h4-6H,3H2,1-2H3. The van der Waals surface area contributed by atoms with Crippen LogP contribution in [0, 0.1) is 0 Å². The summed E-state index contributed by atoms with van der Waals surface area (Å²) in [5.41, 5.74) is 0.708. The van der Waals surface area contributed by atoms with Gasteiger partial charge < -0.3 is 14.0 Å². The molecule has 0 atom stereocenters. The monoisotopic (exact) mass is 221 g/mol. The van der Waals surface area contributed by atoms with E-state index >= 15 is 0 Å². The van der Waals surface area contributed by atoms with Crippen molar-refractivity contribution in [3.05, 3.63) is 23.9 Å². The lowest BCUT2D eigenvalue weighted by Gasteiger charge is -1.99. The molecule has 0 unspecified atom stereocenters. The fraction of sp³-hybridized carbons (Fsp3) is 0.273. The summed E-state index contributed by atoms with van der Waals surface area (Å²) >= 11 is 0. The van der Waals surface area contributed by atoms with Crippen LogP contribution in [0.3, 0.4) is 0 Å². The molecule has 1 aromatic heterocycles. The molecule has 5 heteroatoms. The summed E-state index contributed by atoms with van der Waals surface area (Å²) in [7, 11) is 1.55. The molecule has 0 saturated heterocycles. The van der Waals surface area contributed by atoms with Crippen molar-refractivity contribution in [2.75, 3.05) is 13.7 Å². The molecule has 16 heavy (non-hydrogen) atoms. The first-order valence-electron chi connectivity index (χ1n) is 4.86.